The van der Waals surface area contributed by atoms with Crippen molar-refractivity contribution < 1.29 is 60.0 Å². The monoisotopic (exact) mass is 678 g/mol. The van der Waals surface area contributed by atoms with Gasteiger partial charge >= 0.3 is 0 Å². The Labute approximate surface area is 249 Å². The van der Waals surface area contributed by atoms with E-state index in [0.29, 0.717) is 29.1 Å². The van der Waals surface area contributed by atoms with Crippen molar-refractivity contribution in [2.75, 3.05) is 5.01 Å². The number of aryl methyl sites for hydroxylation is 1. The number of rotatable bonds is 11. The van der Waals surface area contributed by atoms with Gasteiger partial charge in [-0.3, -0.25) is 23.8 Å². The molecular weight excluding hydrogens is 661 g/mol. The van der Waals surface area contributed by atoms with Crippen molar-refractivity contribution in [2.45, 2.75) is 33.4 Å². The smallest absolute Gasteiger partial charge is 0.295 e. The van der Waals surface area contributed by atoms with Crippen LogP contribution >= 0.6 is 24.1 Å². The normalized spacial score (nSPS) is 15.0. The van der Waals surface area contributed by atoms with Crippen LogP contribution in [0.2, 0.25) is 0 Å². The van der Waals surface area contributed by atoms with Crippen LogP contribution in [0.25, 0.3) is 11.8 Å². The number of hydrazone groups is 1. The fraction of sp³-hybridized carbons (Fsp3) is 0.0952. The number of hydrogen-bond acceptors (Lipinski definition) is 15. The zero-order valence-corrected chi connectivity index (χ0v) is 24.7. The largest absolute Gasteiger partial charge is 0.296 e. The molecule has 43 heavy (non-hydrogen) atoms. The molecule has 1 aliphatic rings. The Hall–Kier alpha value is -3.39. The molecule has 0 saturated carbocycles. The molecule has 4 rings (SSSR count). The number of hydrogen-bond donors (Lipinski definition) is 5. The van der Waals surface area contributed by atoms with Gasteiger partial charge in [-0.25, -0.2) is 15.2 Å². The first-order valence-electron chi connectivity index (χ1n) is 11.1. The van der Waals surface area contributed by atoms with E-state index >= 15 is 0 Å². The van der Waals surface area contributed by atoms with Gasteiger partial charge in [-0.2, -0.15) is 26.9 Å². The number of nitrogens with zero attached hydrogens (tertiary/aromatic N) is 3. The second-order valence-electron chi connectivity index (χ2n) is 8.31. The molecule has 1 amide bonds. The zero-order chi connectivity index (χ0) is 31.7. The van der Waals surface area contributed by atoms with Crippen LogP contribution in [0.1, 0.15) is 18.2 Å². The molecular formula is C21H18N4O14S4. The standard InChI is InChI=1S/C21H18N4O14S4/c1-10-14(20(26)24(22-10)16-7-12(40-38-36-28)3-5-18(16)42(30,31)32)9-15-11(2)23-25(21(15)27)17-8-13(41-39-37-29)4-6-19(17)43(33,34)35/h3-9,22,28-29H,1-2H3,(H,30,31,32)(H,33,34,35). The lowest BCUT2D eigenvalue weighted by Crippen LogP contribution is -2.24. The average molecular weight is 679 g/mol. The van der Waals surface area contributed by atoms with Crippen molar-refractivity contribution in [2.24, 2.45) is 5.10 Å². The summed E-state index contributed by atoms with van der Waals surface area (Å²) in [6.07, 6.45) is 1.13. The third-order valence-corrected chi connectivity index (χ3v) is 8.63. The summed E-state index contributed by atoms with van der Waals surface area (Å²) in [5.41, 5.74) is -1.75. The van der Waals surface area contributed by atoms with Gasteiger partial charge in [-0.05, 0) is 56.3 Å². The Bertz CT molecular complexity index is 1930. The Morgan fingerprint density at radius 1 is 0.860 bits per heavy atom. The number of nitrogens with one attached hydrogen (secondary N) is 1. The van der Waals surface area contributed by atoms with Gasteiger partial charge in [-0.1, -0.05) is 10.1 Å². The number of carbonyl (C=O) groups excluding carboxylic acids is 1. The van der Waals surface area contributed by atoms with Crippen LogP contribution in [0.15, 0.2) is 71.4 Å². The Morgan fingerprint density at radius 2 is 1.37 bits per heavy atom. The van der Waals surface area contributed by atoms with Gasteiger partial charge in [0.15, 0.2) is 0 Å². The number of carbonyl (C=O) groups is 1. The average Bonchev–Trinajstić information content (AvgIpc) is 3.38. The molecule has 1 aromatic heterocycles. The molecule has 0 radical (unpaired) electrons. The highest BCUT2D eigenvalue weighted by Gasteiger charge is 2.33. The molecule has 1 aliphatic heterocycles. The van der Waals surface area contributed by atoms with Gasteiger partial charge < -0.3 is 0 Å². The van der Waals surface area contributed by atoms with Crippen LogP contribution in [0, 0.1) is 6.92 Å². The van der Waals surface area contributed by atoms with Crippen LogP contribution in [0.4, 0.5) is 5.69 Å². The molecule has 3 aromatic rings. The van der Waals surface area contributed by atoms with Crippen molar-refractivity contribution in [3.8, 4) is 5.69 Å². The Morgan fingerprint density at radius 3 is 1.88 bits per heavy atom. The van der Waals surface area contributed by atoms with Gasteiger partial charge in [0.1, 0.15) is 9.79 Å². The van der Waals surface area contributed by atoms with Gasteiger partial charge in [0.2, 0.25) is 0 Å². The number of aromatic amines is 1. The minimum atomic E-state index is -4.87. The highest BCUT2D eigenvalue weighted by Crippen LogP contribution is 2.35. The molecule has 0 fully saturated rings. The molecule has 0 bridgehead atoms. The highest BCUT2D eigenvalue weighted by molar-refractivity contribution is 7.94. The van der Waals surface area contributed by atoms with E-state index < -0.39 is 47.2 Å². The van der Waals surface area contributed by atoms with E-state index in [1.807, 2.05) is 0 Å². The fourth-order valence-electron chi connectivity index (χ4n) is 3.87. The van der Waals surface area contributed by atoms with Gasteiger partial charge in [0, 0.05) is 15.5 Å². The molecule has 0 aliphatic carbocycles. The molecule has 2 aromatic carbocycles. The highest BCUT2D eigenvalue weighted by atomic mass is 32.2. The predicted octanol–water partition coefficient (Wildman–Crippen LogP) is 2.63. The maximum absolute atomic E-state index is 13.5. The lowest BCUT2D eigenvalue weighted by Gasteiger charge is -2.16. The molecule has 2 heterocycles. The fourth-order valence-corrected chi connectivity index (χ4v) is 5.96. The lowest BCUT2D eigenvalue weighted by molar-refractivity contribution is -0.432. The molecule has 5 N–H and O–H groups in total. The van der Waals surface area contributed by atoms with Gasteiger partial charge in [0.05, 0.1) is 52.3 Å². The summed E-state index contributed by atoms with van der Waals surface area (Å²) in [7, 11) is -9.72. The van der Waals surface area contributed by atoms with Crippen LogP contribution < -0.4 is 10.6 Å². The SMILES string of the molecule is CC1=NN(c2cc(SOOO)ccc2S(=O)(=O)O)C(=O)C1=Cc1c(C)[nH]n(-c2cc(SOOO)ccc2S(=O)(=O)O)c1=O. The number of anilines is 1. The minimum Gasteiger partial charge on any atom is -0.295 e. The number of amides is 1. The maximum atomic E-state index is 13.5. The first-order valence-corrected chi connectivity index (χ1v) is 15.5. The van der Waals surface area contributed by atoms with Gasteiger partial charge in [-0.15, -0.1) is 8.67 Å². The van der Waals surface area contributed by atoms with E-state index in [9.17, 15) is 35.5 Å². The first kappa shape index (κ1) is 32.5. The van der Waals surface area contributed by atoms with Crippen molar-refractivity contribution in [3.63, 3.8) is 0 Å². The van der Waals surface area contributed by atoms with Crippen LogP contribution in [0.3, 0.4) is 0 Å². The summed E-state index contributed by atoms with van der Waals surface area (Å²) in [4.78, 5) is 25.8. The third kappa shape index (κ3) is 6.90. The number of H-pyrrole nitrogens is 1. The van der Waals surface area contributed by atoms with E-state index in [0.717, 1.165) is 35.0 Å². The third-order valence-electron chi connectivity index (χ3n) is 5.68. The second-order valence-corrected chi connectivity index (χ2v) is 12.6. The van der Waals surface area contributed by atoms with E-state index in [1.54, 1.807) is 0 Å². The van der Waals surface area contributed by atoms with Crippen molar-refractivity contribution in [1.82, 2.24) is 9.78 Å². The zero-order valence-electron chi connectivity index (χ0n) is 21.4. The van der Waals surface area contributed by atoms with Crippen molar-refractivity contribution >= 4 is 67.7 Å². The molecule has 18 nitrogen and oxygen atoms in total. The minimum absolute atomic E-state index is 0.0315. The van der Waals surface area contributed by atoms with Crippen molar-refractivity contribution in [3.05, 3.63) is 63.6 Å². The molecule has 0 spiro atoms. The molecule has 230 valence electrons. The summed E-state index contributed by atoms with van der Waals surface area (Å²) in [6, 6.07) is 6.55. The lowest BCUT2D eigenvalue weighted by atomic mass is 10.1. The topological polar surface area (TPSA) is 257 Å². The summed E-state index contributed by atoms with van der Waals surface area (Å²) in [5.74, 6) is -0.909. The Balaban J connectivity index is 1.81. The Kier molecular flexibility index (Phi) is 9.60. The quantitative estimate of drug-likeness (QED) is 0.0642. The van der Waals surface area contributed by atoms with Crippen molar-refractivity contribution in [1.29, 1.82) is 0 Å². The molecule has 0 saturated heterocycles. The van der Waals surface area contributed by atoms with Gasteiger partial charge in [0.25, 0.3) is 31.7 Å². The molecule has 0 atom stereocenters. The summed E-state index contributed by atoms with van der Waals surface area (Å²) in [5, 5.41) is 31.2. The van der Waals surface area contributed by atoms with E-state index in [2.05, 4.69) is 28.9 Å². The maximum Gasteiger partial charge on any atom is 0.296 e. The van der Waals surface area contributed by atoms with Crippen LogP contribution in [-0.4, -0.2) is 57.9 Å². The van der Waals surface area contributed by atoms with E-state index in [1.165, 1.54) is 26.0 Å². The number of benzene rings is 2. The van der Waals surface area contributed by atoms with Crippen LogP contribution in [-0.2, 0) is 43.8 Å². The second kappa shape index (κ2) is 12.7. The molecule has 22 heteroatoms. The molecule has 0 unspecified atom stereocenters. The number of aromatic nitrogens is 2. The summed E-state index contributed by atoms with van der Waals surface area (Å²) in [6.45, 7) is 2.82. The first-order chi connectivity index (χ1) is 20.2. The van der Waals surface area contributed by atoms with E-state index in [4.69, 9.17) is 10.5 Å². The van der Waals surface area contributed by atoms with Crippen LogP contribution in [0.5, 0.6) is 0 Å². The van der Waals surface area contributed by atoms with E-state index in [-0.39, 0.29) is 38.0 Å². The summed E-state index contributed by atoms with van der Waals surface area (Å²) >= 11 is 0.897. The summed E-state index contributed by atoms with van der Waals surface area (Å²) < 4.78 is 77.0. The predicted molar refractivity (Wildman–Crippen MR) is 147 cm³/mol.